The van der Waals surface area contributed by atoms with Crippen LogP contribution in [0.1, 0.15) is 30.9 Å². The first-order valence-electron chi connectivity index (χ1n) is 8.63. The summed E-state index contributed by atoms with van der Waals surface area (Å²) in [5.41, 5.74) is 1.08. The van der Waals surface area contributed by atoms with Crippen LogP contribution < -0.4 is 5.32 Å². The van der Waals surface area contributed by atoms with E-state index in [4.69, 9.17) is 6.85 Å². The van der Waals surface area contributed by atoms with Gasteiger partial charge in [-0.1, -0.05) is 60.5 Å². The summed E-state index contributed by atoms with van der Waals surface area (Å²) < 4.78 is 39.0. The van der Waals surface area contributed by atoms with Crippen molar-refractivity contribution in [3.8, 4) is 6.07 Å². The fourth-order valence-corrected chi connectivity index (χ4v) is 1.90. The molecule has 2 atom stereocenters. The van der Waals surface area contributed by atoms with Gasteiger partial charge in [-0.3, -0.25) is 5.32 Å². The largest absolute Gasteiger partial charge is 0.295 e. The van der Waals surface area contributed by atoms with Gasteiger partial charge in [0, 0.05) is 6.04 Å². The number of nitriles is 1. The molecule has 0 saturated carbocycles. The average molecular weight is 255 g/mol. The minimum absolute atomic E-state index is 0.0107. The van der Waals surface area contributed by atoms with Crippen molar-refractivity contribution in [3.63, 3.8) is 0 Å². The van der Waals surface area contributed by atoms with Crippen molar-refractivity contribution in [3.05, 3.63) is 71.7 Å². The zero-order valence-electron chi connectivity index (χ0n) is 15.7. The summed E-state index contributed by atoms with van der Waals surface area (Å²) in [7, 11) is 0. The van der Waals surface area contributed by atoms with Crippen LogP contribution in [0, 0.1) is 11.3 Å². The third-order valence-corrected chi connectivity index (χ3v) is 2.77. The van der Waals surface area contributed by atoms with Crippen LogP contribution in [0.4, 0.5) is 0 Å². The molecule has 2 nitrogen and oxygen atoms in total. The van der Waals surface area contributed by atoms with E-state index in [9.17, 15) is 5.26 Å². The topological polar surface area (TPSA) is 35.8 Å². The lowest BCUT2D eigenvalue weighted by atomic mass is 10.0. The second-order valence-corrected chi connectivity index (χ2v) is 4.36. The Labute approximate surface area is 121 Å². The van der Waals surface area contributed by atoms with E-state index in [0.717, 1.165) is 5.56 Å². The molecule has 2 aromatic rings. The van der Waals surface area contributed by atoms with Crippen LogP contribution in [0.3, 0.4) is 0 Å². The number of hydrogen-bond donors (Lipinski definition) is 1. The molecule has 96 valence electrons. The zero-order chi connectivity index (χ0) is 17.9. The summed E-state index contributed by atoms with van der Waals surface area (Å²) in [6.07, 6.45) is 0.664. The van der Waals surface area contributed by atoms with Gasteiger partial charge in [-0.05, 0) is 24.5 Å². The van der Waals surface area contributed by atoms with Crippen molar-refractivity contribution in [2.24, 2.45) is 0 Å². The molecule has 0 spiro atoms. The molecule has 0 bridgehead atoms. The normalized spacial score (nSPS) is 17.2. The van der Waals surface area contributed by atoms with Crippen molar-refractivity contribution in [1.29, 1.82) is 5.26 Å². The summed E-state index contributed by atoms with van der Waals surface area (Å²) in [5.74, 6) is 0. The van der Waals surface area contributed by atoms with Crippen LogP contribution >= 0.6 is 0 Å². The van der Waals surface area contributed by atoms with Crippen LogP contribution in [-0.4, -0.2) is 6.04 Å². The third-order valence-electron chi connectivity index (χ3n) is 2.77. The summed E-state index contributed by atoms with van der Waals surface area (Å²) >= 11 is 0. The van der Waals surface area contributed by atoms with Gasteiger partial charge < -0.3 is 0 Å². The Kier molecular flexibility index (Phi) is 2.88. The smallest absolute Gasteiger partial charge is 0.121 e. The van der Waals surface area contributed by atoms with Crippen molar-refractivity contribution < 1.29 is 6.85 Å². The minimum atomic E-state index is -0.975. The Hall–Kier alpha value is -2.11. The van der Waals surface area contributed by atoms with E-state index in [0.29, 0.717) is 6.42 Å². The fourth-order valence-electron chi connectivity index (χ4n) is 1.90. The number of nitrogens with zero attached hydrogens (tertiary/aromatic N) is 1. The molecule has 2 heteroatoms. The molecule has 0 fully saturated rings. The van der Waals surface area contributed by atoms with Crippen molar-refractivity contribution >= 4 is 0 Å². The number of nitrogens with one attached hydrogen (secondary N) is 1. The second kappa shape index (κ2) is 6.72. The lowest BCUT2D eigenvalue weighted by Gasteiger charge is -2.18. The maximum Gasteiger partial charge on any atom is 0.121 e. The number of hydrogen-bond acceptors (Lipinski definition) is 2. The van der Waals surface area contributed by atoms with Gasteiger partial charge in [0.25, 0.3) is 0 Å². The molecule has 0 aliphatic rings. The Bertz CT molecular complexity index is 742. The predicted molar refractivity (Wildman–Crippen MR) is 77.5 cm³/mol. The van der Waals surface area contributed by atoms with Crippen LogP contribution in [-0.2, 0) is 6.42 Å². The Morgan fingerprint density at radius 2 is 1.89 bits per heavy atom. The van der Waals surface area contributed by atoms with Crippen molar-refractivity contribution in [2.45, 2.75) is 25.4 Å². The van der Waals surface area contributed by atoms with E-state index < -0.39 is 24.2 Å². The second-order valence-electron chi connectivity index (χ2n) is 4.36. The first-order valence-corrected chi connectivity index (χ1v) is 6.13. The van der Waals surface area contributed by atoms with E-state index in [2.05, 4.69) is 5.32 Å². The van der Waals surface area contributed by atoms with Gasteiger partial charge in [0.15, 0.2) is 0 Å². The molecular weight excluding hydrogens is 232 g/mol. The van der Waals surface area contributed by atoms with Crippen molar-refractivity contribution in [2.75, 3.05) is 0 Å². The highest BCUT2D eigenvalue weighted by Crippen LogP contribution is 2.13. The first-order chi connectivity index (χ1) is 11.4. The number of benzene rings is 2. The number of rotatable bonds is 5. The van der Waals surface area contributed by atoms with E-state index in [1.54, 1.807) is 0 Å². The van der Waals surface area contributed by atoms with E-state index in [-0.39, 0.29) is 23.7 Å². The van der Waals surface area contributed by atoms with E-state index in [1.807, 2.05) is 43.3 Å². The van der Waals surface area contributed by atoms with E-state index in [1.165, 1.54) is 0 Å². The van der Waals surface area contributed by atoms with Gasteiger partial charge in [0.1, 0.15) is 6.04 Å². The summed E-state index contributed by atoms with van der Waals surface area (Å²) in [6, 6.07) is 8.68. The van der Waals surface area contributed by atoms with Gasteiger partial charge in [0.2, 0.25) is 0 Å². The summed E-state index contributed by atoms with van der Waals surface area (Å²) in [5, 5.41) is 12.5. The maximum atomic E-state index is 9.45. The molecule has 2 unspecified atom stereocenters. The molecule has 2 rings (SSSR count). The van der Waals surface area contributed by atoms with Gasteiger partial charge in [0.05, 0.1) is 12.9 Å². The molecule has 2 aromatic carbocycles. The highest BCUT2D eigenvalue weighted by molar-refractivity contribution is 5.24. The molecule has 0 aromatic heterocycles. The SMILES string of the molecule is [2H]c1c([2H])c([2H])c(C(C#N)NC(C)Cc2ccccc2)c([2H])c1[2H]. The van der Waals surface area contributed by atoms with Gasteiger partial charge in [-0.15, -0.1) is 0 Å². The Balaban J connectivity index is 2.28. The van der Waals surface area contributed by atoms with Gasteiger partial charge in [-0.25, -0.2) is 0 Å². The Morgan fingerprint density at radius 3 is 2.53 bits per heavy atom. The minimum Gasteiger partial charge on any atom is -0.295 e. The van der Waals surface area contributed by atoms with Crippen LogP contribution in [0.5, 0.6) is 0 Å². The molecular formula is C17H18N2. The standard InChI is InChI=1S/C17H18N2/c1-14(12-15-8-4-2-5-9-15)19-17(13-18)16-10-6-3-7-11-16/h2-11,14,17,19H,12H2,1H3/i3D,6D,7D,10D,11D. The van der Waals surface area contributed by atoms with E-state index >= 15 is 0 Å². The van der Waals surface area contributed by atoms with Gasteiger partial charge >= 0.3 is 0 Å². The molecule has 19 heavy (non-hydrogen) atoms. The van der Waals surface area contributed by atoms with Gasteiger partial charge in [-0.2, -0.15) is 5.26 Å². The van der Waals surface area contributed by atoms with Crippen LogP contribution in [0.15, 0.2) is 60.5 Å². The monoisotopic (exact) mass is 255 g/mol. The lowest BCUT2D eigenvalue weighted by Crippen LogP contribution is -2.31. The maximum absolute atomic E-state index is 9.45. The lowest BCUT2D eigenvalue weighted by molar-refractivity contribution is 0.510. The molecule has 0 amide bonds. The molecule has 0 radical (unpaired) electrons. The molecule has 0 heterocycles. The van der Waals surface area contributed by atoms with Crippen molar-refractivity contribution in [1.82, 2.24) is 5.32 Å². The molecule has 0 saturated heterocycles. The summed E-state index contributed by atoms with van der Waals surface area (Å²) in [6.45, 7) is 1.90. The summed E-state index contributed by atoms with van der Waals surface area (Å²) in [4.78, 5) is 0. The van der Waals surface area contributed by atoms with Crippen LogP contribution in [0.25, 0.3) is 0 Å². The highest BCUT2D eigenvalue weighted by Gasteiger charge is 2.13. The highest BCUT2D eigenvalue weighted by atomic mass is 14.9. The average Bonchev–Trinajstić information content (AvgIpc) is 2.58. The molecule has 1 N–H and O–H groups in total. The molecule has 0 aliphatic carbocycles. The Morgan fingerprint density at radius 1 is 1.21 bits per heavy atom. The fraction of sp³-hybridized carbons (Fsp3) is 0.235. The quantitative estimate of drug-likeness (QED) is 0.888. The zero-order valence-corrected chi connectivity index (χ0v) is 10.7. The molecule has 0 aliphatic heterocycles. The predicted octanol–water partition coefficient (Wildman–Crippen LogP) is 3.47. The van der Waals surface area contributed by atoms with Crippen LogP contribution in [0.2, 0.25) is 0 Å². The third kappa shape index (κ3) is 3.94. The first kappa shape index (κ1) is 8.14.